The molecule has 4 nitrogen and oxygen atoms in total. The molecule has 19 heavy (non-hydrogen) atoms. The van der Waals surface area contributed by atoms with Crippen LogP contribution in [0, 0.1) is 6.92 Å². The van der Waals surface area contributed by atoms with E-state index in [-0.39, 0.29) is 5.91 Å². The van der Waals surface area contributed by atoms with Gasteiger partial charge in [0.25, 0.3) is 0 Å². The van der Waals surface area contributed by atoms with Crippen LogP contribution >= 0.6 is 11.3 Å². The zero-order valence-electron chi connectivity index (χ0n) is 10.8. The van der Waals surface area contributed by atoms with E-state index < -0.39 is 6.04 Å². The second-order valence-corrected chi connectivity index (χ2v) is 5.25. The third kappa shape index (κ3) is 3.87. The van der Waals surface area contributed by atoms with Gasteiger partial charge >= 0.3 is 0 Å². The summed E-state index contributed by atoms with van der Waals surface area (Å²) in [5, 5.41) is 5.88. The molecule has 2 rings (SSSR count). The summed E-state index contributed by atoms with van der Waals surface area (Å²) < 4.78 is 0. The van der Waals surface area contributed by atoms with E-state index in [1.807, 2.05) is 42.6 Å². The quantitative estimate of drug-likeness (QED) is 0.874. The minimum atomic E-state index is -0.612. The molecule has 1 amide bonds. The molecule has 3 N–H and O–H groups in total. The normalized spacial score (nSPS) is 12.1. The molecule has 2 aromatic rings. The van der Waals surface area contributed by atoms with Gasteiger partial charge in [0, 0.05) is 24.0 Å². The van der Waals surface area contributed by atoms with Gasteiger partial charge < -0.3 is 11.1 Å². The Labute approximate surface area is 116 Å². The monoisotopic (exact) mass is 275 g/mol. The fourth-order valence-corrected chi connectivity index (χ4v) is 2.51. The molecule has 0 radical (unpaired) electrons. The minimum Gasteiger partial charge on any atom is -0.354 e. The molecular formula is C14H17N3OS. The Bertz CT molecular complexity index is 539. The van der Waals surface area contributed by atoms with Crippen molar-refractivity contribution in [3.05, 3.63) is 52.0 Å². The van der Waals surface area contributed by atoms with Crippen LogP contribution < -0.4 is 11.1 Å². The van der Waals surface area contributed by atoms with Crippen LogP contribution in [0.3, 0.4) is 0 Å². The van der Waals surface area contributed by atoms with Gasteiger partial charge in [-0.15, -0.1) is 11.3 Å². The van der Waals surface area contributed by atoms with E-state index in [0.29, 0.717) is 6.54 Å². The molecule has 0 fully saturated rings. The van der Waals surface area contributed by atoms with Crippen molar-refractivity contribution in [2.45, 2.75) is 19.4 Å². The van der Waals surface area contributed by atoms with Crippen molar-refractivity contribution in [3.8, 4) is 0 Å². The molecular weight excluding hydrogens is 258 g/mol. The highest BCUT2D eigenvalue weighted by atomic mass is 32.1. The van der Waals surface area contributed by atoms with E-state index in [1.165, 1.54) is 0 Å². The number of aromatic nitrogens is 1. The maximum absolute atomic E-state index is 11.9. The van der Waals surface area contributed by atoms with Gasteiger partial charge in [0.05, 0.1) is 5.01 Å². The Morgan fingerprint density at radius 3 is 2.79 bits per heavy atom. The van der Waals surface area contributed by atoms with Crippen molar-refractivity contribution in [2.75, 3.05) is 6.54 Å². The number of hydrogen-bond donors (Lipinski definition) is 2. The van der Waals surface area contributed by atoms with Gasteiger partial charge in [-0.3, -0.25) is 4.79 Å². The van der Waals surface area contributed by atoms with Gasteiger partial charge in [0.15, 0.2) is 0 Å². The number of nitrogens with zero attached hydrogens (tertiary/aromatic N) is 1. The summed E-state index contributed by atoms with van der Waals surface area (Å²) in [4.78, 5) is 16.2. The summed E-state index contributed by atoms with van der Waals surface area (Å²) in [5.74, 6) is -0.153. The number of thiazole rings is 1. The lowest BCUT2D eigenvalue weighted by atomic mass is 10.1. The van der Waals surface area contributed by atoms with E-state index in [0.717, 1.165) is 22.7 Å². The van der Waals surface area contributed by atoms with Crippen LogP contribution in [0.25, 0.3) is 0 Å². The molecule has 0 saturated heterocycles. The smallest absolute Gasteiger partial charge is 0.241 e. The number of amides is 1. The molecule has 1 atom stereocenters. The number of carbonyl (C=O) groups is 1. The van der Waals surface area contributed by atoms with Crippen LogP contribution in [-0.4, -0.2) is 17.4 Å². The second-order valence-electron chi connectivity index (χ2n) is 4.31. The number of carbonyl (C=O) groups excluding carboxylic acids is 1. The lowest BCUT2D eigenvalue weighted by Gasteiger charge is -2.11. The molecule has 0 aliphatic carbocycles. The highest BCUT2D eigenvalue weighted by Gasteiger charge is 2.14. The standard InChI is InChI=1S/C14H17N3OS/c1-10-9-19-12(17-10)7-8-16-14(18)13(15)11-5-3-2-4-6-11/h2-6,9,13H,7-8,15H2,1H3,(H,16,18)/t13-/m0/s1. The summed E-state index contributed by atoms with van der Waals surface area (Å²) in [6, 6.07) is 8.75. The zero-order chi connectivity index (χ0) is 13.7. The Morgan fingerprint density at radius 2 is 2.16 bits per heavy atom. The Hall–Kier alpha value is -1.72. The minimum absolute atomic E-state index is 0.153. The molecule has 1 aromatic heterocycles. The van der Waals surface area contributed by atoms with Gasteiger partial charge in [0.2, 0.25) is 5.91 Å². The number of benzene rings is 1. The van der Waals surface area contributed by atoms with Crippen LogP contribution in [-0.2, 0) is 11.2 Å². The number of nitrogens with one attached hydrogen (secondary N) is 1. The topological polar surface area (TPSA) is 68.0 Å². The van der Waals surface area contributed by atoms with Gasteiger partial charge in [0.1, 0.15) is 6.04 Å². The zero-order valence-corrected chi connectivity index (χ0v) is 11.6. The highest BCUT2D eigenvalue weighted by Crippen LogP contribution is 2.10. The number of nitrogens with two attached hydrogens (primary N) is 1. The van der Waals surface area contributed by atoms with Gasteiger partial charge in [-0.05, 0) is 12.5 Å². The maximum Gasteiger partial charge on any atom is 0.241 e. The van der Waals surface area contributed by atoms with Crippen molar-refractivity contribution in [1.82, 2.24) is 10.3 Å². The lowest BCUT2D eigenvalue weighted by molar-refractivity contribution is -0.122. The number of aryl methyl sites for hydroxylation is 1. The first-order valence-electron chi connectivity index (χ1n) is 6.16. The summed E-state index contributed by atoms with van der Waals surface area (Å²) in [6.45, 7) is 2.52. The van der Waals surface area contributed by atoms with Gasteiger partial charge in [-0.25, -0.2) is 4.98 Å². The fraction of sp³-hybridized carbons (Fsp3) is 0.286. The lowest BCUT2D eigenvalue weighted by Crippen LogP contribution is -2.35. The SMILES string of the molecule is Cc1csc(CCNC(=O)[C@@H](N)c2ccccc2)n1. The van der Waals surface area contributed by atoms with E-state index in [4.69, 9.17) is 5.73 Å². The maximum atomic E-state index is 11.9. The number of hydrogen-bond acceptors (Lipinski definition) is 4. The predicted octanol–water partition coefficient (Wildman–Crippen LogP) is 1.81. The molecule has 1 aromatic carbocycles. The van der Waals surface area contributed by atoms with Crippen LogP contribution in [0.1, 0.15) is 22.3 Å². The molecule has 1 heterocycles. The van der Waals surface area contributed by atoms with E-state index >= 15 is 0 Å². The van der Waals surface area contributed by atoms with E-state index in [2.05, 4.69) is 10.3 Å². The van der Waals surface area contributed by atoms with E-state index in [9.17, 15) is 4.79 Å². The van der Waals surface area contributed by atoms with Crippen LogP contribution in [0.2, 0.25) is 0 Å². The first-order chi connectivity index (χ1) is 9.16. The molecule has 0 spiro atoms. The molecule has 100 valence electrons. The largest absolute Gasteiger partial charge is 0.354 e. The average molecular weight is 275 g/mol. The molecule has 0 unspecified atom stereocenters. The Kier molecular flexibility index (Phi) is 4.65. The van der Waals surface area contributed by atoms with Crippen LogP contribution in [0.4, 0.5) is 0 Å². The van der Waals surface area contributed by atoms with Crippen molar-refractivity contribution >= 4 is 17.2 Å². The predicted molar refractivity (Wildman–Crippen MR) is 76.9 cm³/mol. The Morgan fingerprint density at radius 1 is 1.42 bits per heavy atom. The highest BCUT2D eigenvalue weighted by molar-refractivity contribution is 7.09. The summed E-state index contributed by atoms with van der Waals surface area (Å²) in [6.07, 6.45) is 0.742. The van der Waals surface area contributed by atoms with E-state index in [1.54, 1.807) is 11.3 Å². The molecule has 0 aliphatic rings. The third-order valence-electron chi connectivity index (χ3n) is 2.75. The summed E-state index contributed by atoms with van der Waals surface area (Å²) in [5.41, 5.74) is 7.74. The molecule has 0 aliphatic heterocycles. The van der Waals surface area contributed by atoms with Crippen molar-refractivity contribution in [1.29, 1.82) is 0 Å². The van der Waals surface area contributed by atoms with Gasteiger partial charge in [-0.2, -0.15) is 0 Å². The Balaban J connectivity index is 1.81. The summed E-state index contributed by atoms with van der Waals surface area (Å²) in [7, 11) is 0. The summed E-state index contributed by atoms with van der Waals surface area (Å²) >= 11 is 1.61. The van der Waals surface area contributed by atoms with Crippen LogP contribution in [0.5, 0.6) is 0 Å². The second kappa shape index (κ2) is 6.45. The number of rotatable bonds is 5. The van der Waals surface area contributed by atoms with Gasteiger partial charge in [-0.1, -0.05) is 30.3 Å². The molecule has 0 saturated carbocycles. The third-order valence-corrected chi connectivity index (χ3v) is 3.77. The molecule has 0 bridgehead atoms. The van der Waals surface area contributed by atoms with Crippen LogP contribution in [0.15, 0.2) is 35.7 Å². The van der Waals surface area contributed by atoms with Crippen molar-refractivity contribution in [2.24, 2.45) is 5.73 Å². The first-order valence-corrected chi connectivity index (χ1v) is 7.04. The van der Waals surface area contributed by atoms with Crippen molar-refractivity contribution < 1.29 is 4.79 Å². The first kappa shape index (κ1) is 13.7. The molecule has 5 heteroatoms. The fourth-order valence-electron chi connectivity index (χ4n) is 1.73. The van der Waals surface area contributed by atoms with Crippen molar-refractivity contribution in [3.63, 3.8) is 0 Å². The average Bonchev–Trinajstić information content (AvgIpc) is 2.84.